The van der Waals surface area contributed by atoms with Gasteiger partial charge in [0.2, 0.25) is 5.28 Å². The van der Waals surface area contributed by atoms with E-state index in [0.29, 0.717) is 0 Å². The zero-order valence-corrected chi connectivity index (χ0v) is 11.2. The molecule has 5 heteroatoms. The summed E-state index contributed by atoms with van der Waals surface area (Å²) in [4.78, 5) is 10.4. The normalized spacial score (nSPS) is 13.9. The van der Waals surface area contributed by atoms with Crippen molar-refractivity contribution < 1.29 is 0 Å². The molecular weight excluding hydrogens is 302 g/mol. The van der Waals surface area contributed by atoms with E-state index in [1.54, 1.807) is 6.20 Å². The summed E-state index contributed by atoms with van der Waals surface area (Å²) in [5, 5.41) is 0.277. The SMILES string of the molecule is Clc1ncc(Br)c(N2Cc3ccccc3C2)n1. The second-order valence-electron chi connectivity index (χ2n) is 3.94. The van der Waals surface area contributed by atoms with Crippen molar-refractivity contribution in [1.29, 1.82) is 0 Å². The van der Waals surface area contributed by atoms with Crippen molar-refractivity contribution in [2.45, 2.75) is 13.1 Å². The van der Waals surface area contributed by atoms with Crippen molar-refractivity contribution in [3.05, 3.63) is 51.3 Å². The van der Waals surface area contributed by atoms with Gasteiger partial charge >= 0.3 is 0 Å². The zero-order valence-electron chi connectivity index (χ0n) is 8.90. The number of rotatable bonds is 1. The van der Waals surface area contributed by atoms with Crippen molar-refractivity contribution in [1.82, 2.24) is 9.97 Å². The van der Waals surface area contributed by atoms with Gasteiger partial charge in [-0.25, -0.2) is 4.98 Å². The van der Waals surface area contributed by atoms with E-state index in [4.69, 9.17) is 11.6 Å². The van der Waals surface area contributed by atoms with Gasteiger partial charge in [-0.1, -0.05) is 24.3 Å². The Hall–Kier alpha value is -1.13. The number of hydrogen-bond acceptors (Lipinski definition) is 3. The second kappa shape index (κ2) is 4.27. The van der Waals surface area contributed by atoms with Crippen LogP contribution in [0.2, 0.25) is 5.28 Å². The quantitative estimate of drug-likeness (QED) is 0.756. The van der Waals surface area contributed by atoms with E-state index in [1.165, 1.54) is 11.1 Å². The first-order valence-corrected chi connectivity index (χ1v) is 6.41. The van der Waals surface area contributed by atoms with Crippen molar-refractivity contribution in [2.24, 2.45) is 0 Å². The summed E-state index contributed by atoms with van der Waals surface area (Å²) < 4.78 is 0.870. The zero-order chi connectivity index (χ0) is 11.8. The second-order valence-corrected chi connectivity index (χ2v) is 5.13. The van der Waals surface area contributed by atoms with Gasteiger partial charge in [0.25, 0.3) is 0 Å². The minimum atomic E-state index is 0.277. The first kappa shape index (κ1) is 11.0. The Morgan fingerprint density at radius 2 is 1.82 bits per heavy atom. The van der Waals surface area contributed by atoms with E-state index in [1.807, 2.05) is 0 Å². The summed E-state index contributed by atoms with van der Waals surface area (Å²) in [7, 11) is 0. The fourth-order valence-electron chi connectivity index (χ4n) is 2.04. The van der Waals surface area contributed by atoms with E-state index >= 15 is 0 Å². The lowest BCUT2D eigenvalue weighted by molar-refractivity contribution is 0.847. The van der Waals surface area contributed by atoms with Crippen LogP contribution in [-0.4, -0.2) is 9.97 Å². The van der Waals surface area contributed by atoms with Crippen LogP contribution in [0.25, 0.3) is 0 Å². The molecule has 0 fully saturated rings. The molecule has 1 aliphatic heterocycles. The maximum Gasteiger partial charge on any atom is 0.224 e. The molecule has 0 atom stereocenters. The molecule has 2 heterocycles. The van der Waals surface area contributed by atoms with E-state index in [-0.39, 0.29) is 5.28 Å². The molecular formula is C12H9BrClN3. The minimum absolute atomic E-state index is 0.277. The number of benzene rings is 1. The molecule has 0 bridgehead atoms. The molecule has 1 aromatic carbocycles. The van der Waals surface area contributed by atoms with Crippen molar-refractivity contribution in [2.75, 3.05) is 4.90 Å². The molecule has 0 spiro atoms. The predicted molar refractivity (Wildman–Crippen MR) is 71.1 cm³/mol. The van der Waals surface area contributed by atoms with Gasteiger partial charge in [-0.15, -0.1) is 0 Å². The summed E-state index contributed by atoms with van der Waals surface area (Å²) >= 11 is 9.30. The Morgan fingerprint density at radius 1 is 1.18 bits per heavy atom. The molecule has 1 aromatic heterocycles. The first-order valence-electron chi connectivity index (χ1n) is 5.24. The van der Waals surface area contributed by atoms with Crippen LogP contribution < -0.4 is 4.90 Å². The Kier molecular flexibility index (Phi) is 2.76. The number of nitrogens with zero attached hydrogens (tertiary/aromatic N) is 3. The lowest BCUT2D eigenvalue weighted by Gasteiger charge is -2.17. The van der Waals surface area contributed by atoms with Crippen molar-refractivity contribution in [3.63, 3.8) is 0 Å². The third-order valence-corrected chi connectivity index (χ3v) is 3.58. The minimum Gasteiger partial charge on any atom is -0.347 e. The molecule has 0 amide bonds. The topological polar surface area (TPSA) is 29.0 Å². The number of aromatic nitrogens is 2. The number of fused-ring (bicyclic) bond motifs is 1. The molecule has 0 saturated heterocycles. The third-order valence-electron chi connectivity index (χ3n) is 2.84. The van der Waals surface area contributed by atoms with Crippen LogP contribution in [0.4, 0.5) is 5.82 Å². The number of halogens is 2. The molecule has 0 radical (unpaired) electrons. The highest BCUT2D eigenvalue weighted by atomic mass is 79.9. The van der Waals surface area contributed by atoms with Crippen LogP contribution in [0.1, 0.15) is 11.1 Å². The summed E-state index contributed by atoms with van der Waals surface area (Å²) in [5.41, 5.74) is 2.68. The first-order chi connectivity index (χ1) is 8.24. The van der Waals surface area contributed by atoms with E-state index < -0.39 is 0 Å². The maximum absolute atomic E-state index is 5.84. The smallest absolute Gasteiger partial charge is 0.224 e. The van der Waals surface area contributed by atoms with Gasteiger partial charge in [0.1, 0.15) is 5.82 Å². The van der Waals surface area contributed by atoms with Crippen LogP contribution in [0.15, 0.2) is 34.9 Å². The van der Waals surface area contributed by atoms with Crippen molar-refractivity contribution in [3.8, 4) is 0 Å². The average Bonchev–Trinajstić information content (AvgIpc) is 2.75. The fourth-order valence-corrected chi connectivity index (χ4v) is 2.61. The molecule has 0 unspecified atom stereocenters. The van der Waals surface area contributed by atoms with Crippen LogP contribution >= 0.6 is 27.5 Å². The lowest BCUT2D eigenvalue weighted by Crippen LogP contribution is -2.16. The van der Waals surface area contributed by atoms with Gasteiger partial charge in [0.15, 0.2) is 0 Å². The van der Waals surface area contributed by atoms with Crippen molar-refractivity contribution >= 4 is 33.3 Å². The van der Waals surface area contributed by atoms with Gasteiger partial charge in [-0.05, 0) is 38.7 Å². The average molecular weight is 311 g/mol. The third kappa shape index (κ3) is 2.03. The highest BCUT2D eigenvalue weighted by Crippen LogP contribution is 2.31. The van der Waals surface area contributed by atoms with Crippen LogP contribution in [0.3, 0.4) is 0 Å². The molecule has 17 heavy (non-hydrogen) atoms. The van der Waals surface area contributed by atoms with Gasteiger partial charge < -0.3 is 4.90 Å². The molecule has 0 saturated carbocycles. The largest absolute Gasteiger partial charge is 0.347 e. The lowest BCUT2D eigenvalue weighted by atomic mass is 10.1. The number of anilines is 1. The van der Waals surface area contributed by atoms with Gasteiger partial charge in [0.05, 0.1) is 4.47 Å². The summed E-state index contributed by atoms with van der Waals surface area (Å²) in [6.45, 7) is 1.73. The molecule has 1 aliphatic rings. The Labute approximate surface area is 113 Å². The predicted octanol–water partition coefficient (Wildman–Crippen LogP) is 3.41. The summed E-state index contributed by atoms with van der Waals surface area (Å²) in [6.07, 6.45) is 1.69. The number of hydrogen-bond donors (Lipinski definition) is 0. The molecule has 0 N–H and O–H groups in total. The monoisotopic (exact) mass is 309 g/mol. The molecule has 3 nitrogen and oxygen atoms in total. The molecule has 0 aliphatic carbocycles. The van der Waals surface area contributed by atoms with Crippen LogP contribution in [0.5, 0.6) is 0 Å². The highest BCUT2D eigenvalue weighted by molar-refractivity contribution is 9.10. The molecule has 2 aromatic rings. The molecule has 86 valence electrons. The standard InChI is InChI=1S/C12H9BrClN3/c13-10-5-15-12(14)16-11(10)17-6-8-3-1-2-4-9(8)7-17/h1-5H,6-7H2. The Balaban J connectivity index is 1.96. The summed E-state index contributed by atoms with van der Waals surface area (Å²) in [6, 6.07) is 8.41. The maximum atomic E-state index is 5.84. The van der Waals surface area contributed by atoms with Crippen LogP contribution in [-0.2, 0) is 13.1 Å². The van der Waals surface area contributed by atoms with E-state index in [9.17, 15) is 0 Å². The highest BCUT2D eigenvalue weighted by Gasteiger charge is 2.21. The van der Waals surface area contributed by atoms with Gasteiger partial charge in [-0.2, -0.15) is 4.98 Å². The Bertz CT molecular complexity index is 548. The molecule has 3 rings (SSSR count). The van der Waals surface area contributed by atoms with E-state index in [0.717, 1.165) is 23.4 Å². The van der Waals surface area contributed by atoms with Gasteiger partial charge in [-0.3, -0.25) is 0 Å². The Morgan fingerprint density at radius 3 is 2.47 bits per heavy atom. The van der Waals surface area contributed by atoms with E-state index in [2.05, 4.69) is 55.1 Å². The van der Waals surface area contributed by atoms with Gasteiger partial charge in [0, 0.05) is 19.3 Å². The fraction of sp³-hybridized carbons (Fsp3) is 0.167. The van der Waals surface area contributed by atoms with Crippen LogP contribution in [0, 0.1) is 0 Å². The summed E-state index contributed by atoms with van der Waals surface area (Å²) in [5.74, 6) is 0.848.